The smallest absolute Gasteiger partial charge is 0.410 e. The van der Waals surface area contributed by atoms with Gasteiger partial charge in [0.25, 0.3) is 0 Å². The Hall–Kier alpha value is -3.06. The van der Waals surface area contributed by atoms with Gasteiger partial charge < -0.3 is 24.2 Å². The predicted molar refractivity (Wildman–Crippen MR) is 117 cm³/mol. The molecule has 7 heteroatoms. The van der Waals surface area contributed by atoms with Gasteiger partial charge in [0.15, 0.2) is 6.61 Å². The fraction of sp³-hybridized carbons (Fsp3) is 0.417. The largest absolute Gasteiger partial charge is 0.482 e. The molecule has 1 amide bonds. The summed E-state index contributed by atoms with van der Waals surface area (Å²) >= 11 is 0. The number of esters is 1. The van der Waals surface area contributed by atoms with Crippen molar-refractivity contribution < 1.29 is 28.9 Å². The van der Waals surface area contributed by atoms with Crippen LogP contribution >= 0.6 is 0 Å². The number of methoxy groups -OCH3 is 1. The Morgan fingerprint density at radius 1 is 1.03 bits per heavy atom. The minimum atomic E-state index is -0.817. The fourth-order valence-corrected chi connectivity index (χ4v) is 2.79. The van der Waals surface area contributed by atoms with Gasteiger partial charge in [0.2, 0.25) is 0 Å². The number of aliphatic hydroxyl groups is 1. The number of aliphatic hydroxyl groups excluding tert-OH is 1. The van der Waals surface area contributed by atoms with Gasteiger partial charge in [0, 0.05) is 6.54 Å². The number of benzene rings is 2. The van der Waals surface area contributed by atoms with Crippen LogP contribution in [0.2, 0.25) is 0 Å². The molecule has 0 aromatic heterocycles. The first-order valence-corrected chi connectivity index (χ1v) is 10.2. The minimum absolute atomic E-state index is 0.124. The molecular weight excluding hydrogens is 398 g/mol. The molecular formula is C24H31NO6. The van der Waals surface area contributed by atoms with E-state index in [1.54, 1.807) is 12.1 Å². The Bertz CT molecular complexity index is 829. The summed E-state index contributed by atoms with van der Waals surface area (Å²) < 4.78 is 15.4. The molecule has 0 aliphatic carbocycles. The summed E-state index contributed by atoms with van der Waals surface area (Å²) in [5.41, 5.74) is 1.09. The standard InChI is InChI=1S/C24H31NO6/c1-24(2,3)31-23(28)25(16-21(26)19-8-6-5-7-9-19)15-14-18-10-12-20(13-11-18)30-17-22(27)29-4/h5-13,21,26H,14-17H2,1-4H3. The lowest BCUT2D eigenvalue weighted by atomic mass is 10.1. The van der Waals surface area contributed by atoms with E-state index in [-0.39, 0.29) is 13.2 Å². The number of nitrogens with zero attached hydrogens (tertiary/aromatic N) is 1. The molecule has 31 heavy (non-hydrogen) atoms. The number of ether oxygens (including phenoxy) is 3. The zero-order valence-electron chi connectivity index (χ0n) is 18.5. The number of amides is 1. The minimum Gasteiger partial charge on any atom is -0.482 e. The van der Waals surface area contributed by atoms with Gasteiger partial charge in [-0.1, -0.05) is 42.5 Å². The molecule has 1 unspecified atom stereocenters. The monoisotopic (exact) mass is 429 g/mol. The Balaban J connectivity index is 2.01. The highest BCUT2D eigenvalue weighted by atomic mass is 16.6. The highest BCUT2D eigenvalue weighted by Crippen LogP contribution is 2.18. The molecule has 0 fully saturated rings. The van der Waals surface area contributed by atoms with Gasteiger partial charge in [-0.3, -0.25) is 0 Å². The van der Waals surface area contributed by atoms with Crippen molar-refractivity contribution in [3.8, 4) is 5.75 Å². The summed E-state index contributed by atoms with van der Waals surface area (Å²) in [4.78, 5) is 25.4. The predicted octanol–water partition coefficient (Wildman–Crippen LogP) is 3.75. The Morgan fingerprint density at radius 3 is 2.26 bits per heavy atom. The summed E-state index contributed by atoms with van der Waals surface area (Å²) in [6.07, 6.45) is -0.721. The van der Waals surface area contributed by atoms with Gasteiger partial charge in [-0.15, -0.1) is 0 Å². The van der Waals surface area contributed by atoms with E-state index in [1.165, 1.54) is 12.0 Å². The van der Waals surface area contributed by atoms with E-state index in [1.807, 2.05) is 63.2 Å². The van der Waals surface area contributed by atoms with Gasteiger partial charge in [0.1, 0.15) is 11.4 Å². The van der Waals surface area contributed by atoms with Crippen LogP contribution in [0.25, 0.3) is 0 Å². The van der Waals surface area contributed by atoms with Crippen LogP contribution in [0.15, 0.2) is 54.6 Å². The van der Waals surface area contributed by atoms with Crippen molar-refractivity contribution in [1.29, 1.82) is 0 Å². The first-order chi connectivity index (χ1) is 14.7. The van der Waals surface area contributed by atoms with Gasteiger partial charge in [0.05, 0.1) is 19.8 Å². The summed E-state index contributed by atoms with van der Waals surface area (Å²) in [7, 11) is 1.31. The lowest BCUT2D eigenvalue weighted by molar-refractivity contribution is -0.142. The second kappa shape index (κ2) is 11.4. The topological polar surface area (TPSA) is 85.3 Å². The van der Waals surface area contributed by atoms with Crippen LogP contribution in [0, 0.1) is 0 Å². The molecule has 0 saturated heterocycles. The van der Waals surface area contributed by atoms with Crippen molar-refractivity contribution in [3.63, 3.8) is 0 Å². The molecule has 0 bridgehead atoms. The maximum Gasteiger partial charge on any atom is 0.410 e. The SMILES string of the molecule is COC(=O)COc1ccc(CCN(CC(O)c2ccccc2)C(=O)OC(C)(C)C)cc1. The zero-order valence-corrected chi connectivity index (χ0v) is 18.5. The number of hydrogen-bond donors (Lipinski definition) is 1. The van der Waals surface area contributed by atoms with E-state index < -0.39 is 23.8 Å². The van der Waals surface area contributed by atoms with Gasteiger partial charge in [-0.2, -0.15) is 0 Å². The average molecular weight is 430 g/mol. The molecule has 0 heterocycles. The molecule has 0 saturated carbocycles. The molecule has 0 spiro atoms. The number of carbonyl (C=O) groups is 2. The van der Waals surface area contributed by atoms with E-state index in [0.29, 0.717) is 18.7 Å². The summed E-state index contributed by atoms with van der Waals surface area (Å²) in [6, 6.07) is 16.5. The Morgan fingerprint density at radius 2 is 1.68 bits per heavy atom. The van der Waals surface area contributed by atoms with Crippen LogP contribution in [0.4, 0.5) is 4.79 Å². The van der Waals surface area contributed by atoms with Crippen LogP contribution in [0.1, 0.15) is 38.0 Å². The van der Waals surface area contributed by atoms with Gasteiger partial charge in [-0.25, -0.2) is 9.59 Å². The first-order valence-electron chi connectivity index (χ1n) is 10.2. The van der Waals surface area contributed by atoms with E-state index in [2.05, 4.69) is 4.74 Å². The maximum atomic E-state index is 12.7. The van der Waals surface area contributed by atoms with E-state index in [0.717, 1.165) is 11.1 Å². The van der Waals surface area contributed by atoms with Gasteiger partial charge in [-0.05, 0) is 50.5 Å². The second-order valence-electron chi connectivity index (χ2n) is 8.11. The molecule has 0 aliphatic rings. The third-order valence-electron chi connectivity index (χ3n) is 4.41. The quantitative estimate of drug-likeness (QED) is 0.611. The van der Waals surface area contributed by atoms with Crippen LogP contribution in [0.5, 0.6) is 5.75 Å². The first kappa shape index (κ1) is 24.2. The van der Waals surface area contributed by atoms with Crippen molar-refractivity contribution in [2.24, 2.45) is 0 Å². The maximum absolute atomic E-state index is 12.7. The summed E-state index contributed by atoms with van der Waals surface area (Å²) in [5, 5.41) is 10.6. The fourth-order valence-electron chi connectivity index (χ4n) is 2.79. The lowest BCUT2D eigenvalue weighted by Crippen LogP contribution is -2.40. The van der Waals surface area contributed by atoms with Crippen molar-refractivity contribution >= 4 is 12.1 Å². The van der Waals surface area contributed by atoms with Crippen molar-refractivity contribution in [3.05, 3.63) is 65.7 Å². The molecule has 7 nitrogen and oxygen atoms in total. The van der Waals surface area contributed by atoms with E-state index in [9.17, 15) is 14.7 Å². The van der Waals surface area contributed by atoms with Crippen molar-refractivity contribution in [2.75, 3.05) is 26.8 Å². The van der Waals surface area contributed by atoms with Crippen LogP contribution in [-0.4, -0.2) is 54.5 Å². The molecule has 2 rings (SSSR count). The summed E-state index contributed by atoms with van der Waals surface area (Å²) in [5.74, 6) is 0.103. The average Bonchev–Trinajstić information content (AvgIpc) is 2.74. The third-order valence-corrected chi connectivity index (χ3v) is 4.41. The molecule has 1 N–H and O–H groups in total. The lowest BCUT2D eigenvalue weighted by Gasteiger charge is -2.29. The molecule has 0 radical (unpaired) electrons. The molecule has 168 valence electrons. The molecule has 0 aliphatic heterocycles. The zero-order chi connectivity index (χ0) is 22.9. The normalized spacial score (nSPS) is 12.0. The van der Waals surface area contributed by atoms with E-state index >= 15 is 0 Å². The molecule has 2 aromatic rings. The Kier molecular flexibility index (Phi) is 8.88. The second-order valence-corrected chi connectivity index (χ2v) is 8.11. The molecule has 2 aromatic carbocycles. The number of hydrogen-bond acceptors (Lipinski definition) is 6. The Labute approximate surface area is 183 Å². The van der Waals surface area contributed by atoms with Crippen molar-refractivity contribution in [2.45, 2.75) is 38.9 Å². The van der Waals surface area contributed by atoms with Gasteiger partial charge >= 0.3 is 12.1 Å². The highest BCUT2D eigenvalue weighted by Gasteiger charge is 2.24. The molecule has 1 atom stereocenters. The van der Waals surface area contributed by atoms with Crippen LogP contribution in [0.3, 0.4) is 0 Å². The highest BCUT2D eigenvalue weighted by molar-refractivity contribution is 5.70. The van der Waals surface area contributed by atoms with Crippen LogP contribution < -0.4 is 4.74 Å². The van der Waals surface area contributed by atoms with Crippen molar-refractivity contribution in [1.82, 2.24) is 4.90 Å². The van der Waals surface area contributed by atoms with Crippen LogP contribution in [-0.2, 0) is 20.7 Å². The van der Waals surface area contributed by atoms with E-state index in [4.69, 9.17) is 9.47 Å². The number of carbonyl (C=O) groups excluding carboxylic acids is 2. The summed E-state index contributed by atoms with van der Waals surface area (Å²) in [6.45, 7) is 5.78. The third kappa shape index (κ3) is 8.68. The number of rotatable bonds is 9.